The summed E-state index contributed by atoms with van der Waals surface area (Å²) in [6.45, 7) is 9.48. The molecule has 4 saturated carbocycles. The van der Waals surface area contributed by atoms with E-state index in [1.807, 2.05) is 0 Å². The van der Waals surface area contributed by atoms with E-state index in [4.69, 9.17) is 0 Å². The zero-order chi connectivity index (χ0) is 14.1. The fraction of sp³-hybridized carbons (Fsp3) is 0.650. The van der Waals surface area contributed by atoms with E-state index >= 15 is 0 Å². The molecule has 4 fully saturated rings. The van der Waals surface area contributed by atoms with Crippen molar-refractivity contribution in [2.45, 2.75) is 64.2 Å². The molecule has 0 saturated heterocycles. The predicted molar refractivity (Wildman–Crippen MR) is 84.4 cm³/mol. The molecule has 21 heavy (non-hydrogen) atoms. The third kappa shape index (κ3) is 2.40. The molecule has 1 aromatic rings. The summed E-state index contributed by atoms with van der Waals surface area (Å²) in [5.74, 6) is 0. The Morgan fingerprint density at radius 3 is 1.95 bits per heavy atom. The van der Waals surface area contributed by atoms with Crippen LogP contribution in [0.5, 0.6) is 0 Å². The van der Waals surface area contributed by atoms with Crippen molar-refractivity contribution < 1.29 is 32.7 Å². The summed E-state index contributed by atoms with van der Waals surface area (Å²) in [4.78, 5) is 0. The summed E-state index contributed by atoms with van der Waals surface area (Å²) in [6, 6.07) is 11.4. The summed E-state index contributed by atoms with van der Waals surface area (Å²) < 4.78 is 0. The van der Waals surface area contributed by atoms with Gasteiger partial charge in [0.1, 0.15) is 0 Å². The van der Waals surface area contributed by atoms with Gasteiger partial charge in [-0.05, 0) is 60.3 Å². The van der Waals surface area contributed by atoms with Gasteiger partial charge in [-0.2, -0.15) is 6.42 Å². The topological polar surface area (TPSA) is 0 Å². The molecule has 4 aliphatic carbocycles. The first-order valence-corrected chi connectivity index (χ1v) is 8.26. The zero-order valence-electron chi connectivity index (χ0n) is 13.6. The second kappa shape index (κ2) is 4.91. The van der Waals surface area contributed by atoms with Crippen LogP contribution >= 0.6 is 0 Å². The second-order valence-corrected chi connectivity index (χ2v) is 9.08. The average Bonchev–Trinajstić information content (AvgIpc) is 2.36. The van der Waals surface area contributed by atoms with E-state index < -0.39 is 0 Å². The van der Waals surface area contributed by atoms with Crippen LogP contribution in [0.4, 0.5) is 0 Å². The first kappa shape index (κ1) is 16.2. The number of benzene rings is 1. The van der Waals surface area contributed by atoms with E-state index in [-0.39, 0.29) is 32.7 Å². The quantitative estimate of drug-likeness (QED) is 0.612. The molecular weight excluding hydrogens is 329 g/mol. The average molecular weight is 356 g/mol. The van der Waals surface area contributed by atoms with Crippen LogP contribution in [0.15, 0.2) is 30.3 Å². The van der Waals surface area contributed by atoms with Crippen LogP contribution in [-0.2, 0) is 38.1 Å². The van der Waals surface area contributed by atoms with Crippen molar-refractivity contribution in [3.05, 3.63) is 42.8 Å². The van der Waals surface area contributed by atoms with Gasteiger partial charge < -0.3 is 6.92 Å². The van der Waals surface area contributed by atoms with Gasteiger partial charge in [0.05, 0.1) is 0 Å². The number of hydrogen-bond acceptors (Lipinski definition) is 0. The molecule has 2 unspecified atom stereocenters. The van der Waals surface area contributed by atoms with E-state index in [1.165, 1.54) is 38.5 Å². The largest absolute Gasteiger partial charge is 0.343 e. The van der Waals surface area contributed by atoms with Gasteiger partial charge in [-0.25, -0.2) is 0 Å². The van der Waals surface area contributed by atoms with Crippen LogP contribution in [0.25, 0.3) is 0 Å². The Morgan fingerprint density at radius 1 is 0.857 bits per heavy atom. The van der Waals surface area contributed by atoms with Crippen molar-refractivity contribution in [1.82, 2.24) is 0 Å². The number of hydrogen-bond donors (Lipinski definition) is 0. The molecule has 4 bridgehead atoms. The van der Waals surface area contributed by atoms with Crippen molar-refractivity contribution in [2.75, 3.05) is 0 Å². The molecule has 1 heteroatoms. The molecule has 0 N–H and O–H groups in total. The molecule has 1 radical (unpaired) electrons. The van der Waals surface area contributed by atoms with Crippen LogP contribution in [0.1, 0.15) is 64.4 Å². The van der Waals surface area contributed by atoms with Gasteiger partial charge in [-0.1, -0.05) is 49.6 Å². The summed E-state index contributed by atoms with van der Waals surface area (Å²) in [5.41, 5.74) is 3.67. The maximum atomic E-state index is 4.36. The third-order valence-corrected chi connectivity index (χ3v) is 6.62. The predicted octanol–water partition coefficient (Wildman–Crippen LogP) is 5.53. The smallest absolute Gasteiger partial charge is 0 e. The van der Waals surface area contributed by atoms with Crippen molar-refractivity contribution in [2.24, 2.45) is 16.2 Å². The van der Waals surface area contributed by atoms with E-state index in [2.05, 4.69) is 51.1 Å². The summed E-state index contributed by atoms with van der Waals surface area (Å²) in [6.07, 6.45) is 9.62. The fourth-order valence-corrected chi connectivity index (χ4v) is 7.31. The molecule has 1 aromatic carbocycles. The molecule has 0 aliphatic heterocycles. The minimum Gasteiger partial charge on any atom is -0.343 e. The molecule has 0 nitrogen and oxygen atoms in total. The zero-order valence-corrected chi connectivity index (χ0v) is 16.5. The molecule has 5 rings (SSSR count). The van der Waals surface area contributed by atoms with E-state index in [0.29, 0.717) is 21.7 Å². The third-order valence-electron chi connectivity index (χ3n) is 6.62. The van der Waals surface area contributed by atoms with Gasteiger partial charge in [0.15, 0.2) is 0 Å². The van der Waals surface area contributed by atoms with Gasteiger partial charge in [0.2, 0.25) is 0 Å². The normalized spacial score (nSPS) is 47.2. The fourth-order valence-electron chi connectivity index (χ4n) is 7.31. The van der Waals surface area contributed by atoms with Gasteiger partial charge in [-0.3, -0.25) is 0 Å². The van der Waals surface area contributed by atoms with Crippen molar-refractivity contribution in [3.63, 3.8) is 0 Å². The maximum Gasteiger partial charge on any atom is 0 e. The minimum atomic E-state index is 0. The van der Waals surface area contributed by atoms with Crippen molar-refractivity contribution in [1.29, 1.82) is 0 Å². The van der Waals surface area contributed by atoms with Crippen LogP contribution in [0.2, 0.25) is 0 Å². The van der Waals surface area contributed by atoms with Crippen molar-refractivity contribution in [3.8, 4) is 0 Å². The summed E-state index contributed by atoms with van der Waals surface area (Å²) in [7, 11) is 0. The molecular formula is C20H27Y-. The molecule has 0 heterocycles. The Bertz CT molecular complexity index is 514. The van der Waals surface area contributed by atoms with Gasteiger partial charge in [0.25, 0.3) is 0 Å². The first-order valence-electron chi connectivity index (χ1n) is 8.26. The Balaban J connectivity index is 0.00000132. The van der Waals surface area contributed by atoms with Crippen LogP contribution in [-0.4, -0.2) is 0 Å². The summed E-state index contributed by atoms with van der Waals surface area (Å²) in [5, 5.41) is 0. The standard InChI is InChI=1S/C20H27.Y/c1-4-19-11-17(2)10-18(3,12-19)14-20(13-17,15-19)16-8-6-5-7-9-16;/h5-9H,1,4,10-15H2,2-3H3;/q-1;. The molecule has 2 atom stereocenters. The SMILES string of the molecule is [CH2-]CC12CC3(C)CC(C)(C1)CC(c1ccccc1)(C3)C2.[Y]. The molecule has 0 amide bonds. The Morgan fingerprint density at radius 2 is 1.43 bits per heavy atom. The van der Waals surface area contributed by atoms with Crippen LogP contribution in [0, 0.1) is 23.2 Å². The Kier molecular flexibility index (Phi) is 3.78. The Hall–Kier alpha value is 0.324. The molecule has 4 aliphatic rings. The molecule has 111 valence electrons. The number of rotatable bonds is 2. The second-order valence-electron chi connectivity index (χ2n) is 9.08. The van der Waals surface area contributed by atoms with E-state index in [0.717, 1.165) is 6.42 Å². The van der Waals surface area contributed by atoms with Gasteiger partial charge in [-0.15, -0.1) is 0 Å². The van der Waals surface area contributed by atoms with E-state index in [1.54, 1.807) is 5.56 Å². The minimum absolute atomic E-state index is 0. The van der Waals surface area contributed by atoms with E-state index in [9.17, 15) is 0 Å². The monoisotopic (exact) mass is 356 g/mol. The first-order chi connectivity index (χ1) is 9.41. The van der Waals surface area contributed by atoms with Gasteiger partial charge >= 0.3 is 0 Å². The Labute approximate surface area is 155 Å². The maximum absolute atomic E-state index is 4.36. The van der Waals surface area contributed by atoms with Gasteiger partial charge in [0, 0.05) is 32.7 Å². The summed E-state index contributed by atoms with van der Waals surface area (Å²) >= 11 is 0. The van der Waals surface area contributed by atoms with Crippen molar-refractivity contribution >= 4 is 0 Å². The molecule has 0 aromatic heterocycles. The van der Waals surface area contributed by atoms with Crippen LogP contribution < -0.4 is 0 Å². The molecule has 0 spiro atoms. The van der Waals surface area contributed by atoms with Crippen LogP contribution in [0.3, 0.4) is 0 Å².